The number of hydrogen-bond acceptors (Lipinski definition) is 0. The smallest absolute Gasteiger partial charge is 0.00262 e. The standard InChI is InChI=1S/C60H38/c1-2-19-45-39(15-1)16-14-30-46(45)40-31-33-41(34-32-40)59-54-26-9-11-28-56(54)60(57-29-12-10-27-55(57)59)44-18-13-17-42(37-44)43-35-36-53-51-24-6-5-22-49(51)47-20-3-4-21-48(47)50-23-7-8-25-52(50)58(53)38-43/h1-38H. The van der Waals surface area contributed by atoms with Crippen LogP contribution < -0.4 is 0 Å². The van der Waals surface area contributed by atoms with E-state index in [1.54, 1.807) is 0 Å². The summed E-state index contributed by atoms with van der Waals surface area (Å²) in [4.78, 5) is 0. The zero-order valence-corrected chi connectivity index (χ0v) is 32.9. The van der Waals surface area contributed by atoms with Gasteiger partial charge in [0.1, 0.15) is 0 Å². The summed E-state index contributed by atoms with van der Waals surface area (Å²) < 4.78 is 0. The van der Waals surface area contributed by atoms with Crippen LogP contribution in [-0.2, 0) is 0 Å². The van der Waals surface area contributed by atoms with Crippen LogP contribution in [0.25, 0.3) is 121 Å². The third-order valence-corrected chi connectivity index (χ3v) is 12.7. The monoisotopic (exact) mass is 758 g/mol. The molecule has 278 valence electrons. The van der Waals surface area contributed by atoms with Gasteiger partial charge in [-0.15, -0.1) is 0 Å². The van der Waals surface area contributed by atoms with Gasteiger partial charge in [-0.05, 0) is 133 Å². The molecule has 12 rings (SSSR count). The van der Waals surface area contributed by atoms with Crippen LogP contribution in [0.1, 0.15) is 0 Å². The molecule has 0 atom stereocenters. The van der Waals surface area contributed by atoms with Crippen molar-refractivity contribution in [1.29, 1.82) is 0 Å². The SMILES string of the molecule is c1cc(-c2ccc3c(c2)-c2ccccc2-c2ccccc2-c2ccccc2-3)cc(-c2c3ccccc3c(-c3ccc(-c4cccc5ccccc45)cc3)c3ccccc23)c1. The molecule has 0 aromatic heterocycles. The van der Waals surface area contributed by atoms with Gasteiger partial charge >= 0.3 is 0 Å². The third-order valence-electron chi connectivity index (χ3n) is 12.7. The van der Waals surface area contributed by atoms with Crippen LogP contribution in [0.15, 0.2) is 231 Å². The van der Waals surface area contributed by atoms with Gasteiger partial charge in [-0.3, -0.25) is 0 Å². The van der Waals surface area contributed by atoms with Crippen LogP contribution >= 0.6 is 0 Å². The highest BCUT2D eigenvalue weighted by atomic mass is 14.3. The lowest BCUT2D eigenvalue weighted by atomic mass is 9.80. The Morgan fingerprint density at radius 2 is 0.517 bits per heavy atom. The van der Waals surface area contributed by atoms with Gasteiger partial charge in [0.25, 0.3) is 0 Å². The van der Waals surface area contributed by atoms with Gasteiger partial charge in [-0.1, -0.05) is 218 Å². The molecule has 1 aliphatic rings. The molecule has 0 N–H and O–H groups in total. The van der Waals surface area contributed by atoms with Gasteiger partial charge in [-0.2, -0.15) is 0 Å². The minimum Gasteiger partial charge on any atom is -0.0616 e. The van der Waals surface area contributed by atoms with E-state index in [2.05, 4.69) is 231 Å². The second-order valence-electron chi connectivity index (χ2n) is 15.9. The van der Waals surface area contributed by atoms with E-state index in [9.17, 15) is 0 Å². The minimum absolute atomic E-state index is 1.20. The Bertz CT molecular complexity index is 3410. The normalized spacial score (nSPS) is 11.7. The Morgan fingerprint density at radius 1 is 0.167 bits per heavy atom. The number of benzene rings is 11. The van der Waals surface area contributed by atoms with E-state index in [4.69, 9.17) is 0 Å². The fourth-order valence-electron chi connectivity index (χ4n) is 9.94. The summed E-state index contributed by atoms with van der Waals surface area (Å²) in [6.07, 6.45) is 0. The highest BCUT2D eigenvalue weighted by Crippen LogP contribution is 2.49. The molecule has 0 unspecified atom stereocenters. The Morgan fingerprint density at radius 3 is 1.08 bits per heavy atom. The van der Waals surface area contributed by atoms with Crippen molar-refractivity contribution < 1.29 is 0 Å². The summed E-state index contributed by atoms with van der Waals surface area (Å²) in [6, 6.07) is 85.2. The van der Waals surface area contributed by atoms with E-state index in [0.717, 1.165) is 0 Å². The average Bonchev–Trinajstić information content (AvgIpc) is 3.32. The molecule has 0 amide bonds. The van der Waals surface area contributed by atoms with E-state index in [-0.39, 0.29) is 0 Å². The van der Waals surface area contributed by atoms with Gasteiger partial charge in [0, 0.05) is 0 Å². The van der Waals surface area contributed by atoms with E-state index in [1.807, 2.05) is 0 Å². The highest BCUT2D eigenvalue weighted by molar-refractivity contribution is 6.21. The molecule has 0 saturated carbocycles. The van der Waals surface area contributed by atoms with Crippen molar-refractivity contribution in [1.82, 2.24) is 0 Å². The first-order valence-electron chi connectivity index (χ1n) is 20.8. The summed E-state index contributed by atoms with van der Waals surface area (Å²) in [7, 11) is 0. The summed E-state index contributed by atoms with van der Waals surface area (Å²) in [5.74, 6) is 0. The molecule has 0 aliphatic heterocycles. The lowest BCUT2D eigenvalue weighted by molar-refractivity contribution is 1.51. The molecule has 1 aliphatic carbocycles. The van der Waals surface area contributed by atoms with Crippen molar-refractivity contribution in [3.63, 3.8) is 0 Å². The molecule has 11 aromatic carbocycles. The van der Waals surface area contributed by atoms with Crippen molar-refractivity contribution in [2.45, 2.75) is 0 Å². The minimum atomic E-state index is 1.20. The Kier molecular flexibility index (Phi) is 7.96. The first-order valence-corrected chi connectivity index (χ1v) is 20.8. The second-order valence-corrected chi connectivity index (χ2v) is 15.9. The van der Waals surface area contributed by atoms with Gasteiger partial charge in [0.2, 0.25) is 0 Å². The number of hydrogen-bond donors (Lipinski definition) is 0. The highest BCUT2D eigenvalue weighted by Gasteiger charge is 2.23. The maximum Gasteiger partial charge on any atom is -0.00262 e. The summed E-state index contributed by atoms with van der Waals surface area (Å²) in [6.45, 7) is 0. The van der Waals surface area contributed by atoms with Crippen molar-refractivity contribution in [3.8, 4) is 89.0 Å². The predicted molar refractivity (Wildman–Crippen MR) is 256 cm³/mol. The molecular weight excluding hydrogens is 721 g/mol. The largest absolute Gasteiger partial charge is 0.0616 e. The van der Waals surface area contributed by atoms with Crippen molar-refractivity contribution in [2.75, 3.05) is 0 Å². The van der Waals surface area contributed by atoms with Crippen molar-refractivity contribution in [3.05, 3.63) is 231 Å². The van der Waals surface area contributed by atoms with Crippen LogP contribution in [0.4, 0.5) is 0 Å². The molecule has 0 radical (unpaired) electrons. The summed E-state index contributed by atoms with van der Waals surface area (Å²) in [5, 5.41) is 7.55. The van der Waals surface area contributed by atoms with Crippen LogP contribution in [0.5, 0.6) is 0 Å². The van der Waals surface area contributed by atoms with Gasteiger partial charge in [0.05, 0.1) is 0 Å². The van der Waals surface area contributed by atoms with Gasteiger partial charge in [0.15, 0.2) is 0 Å². The zero-order chi connectivity index (χ0) is 39.6. The molecule has 11 aromatic rings. The van der Waals surface area contributed by atoms with E-state index in [1.165, 1.54) is 121 Å². The molecule has 0 fully saturated rings. The third kappa shape index (κ3) is 5.46. The molecule has 0 bridgehead atoms. The van der Waals surface area contributed by atoms with Crippen LogP contribution in [0, 0.1) is 0 Å². The maximum atomic E-state index is 2.42. The molecule has 0 heteroatoms. The fraction of sp³-hybridized carbons (Fsp3) is 0. The Labute approximate surface area is 350 Å². The van der Waals surface area contributed by atoms with Crippen LogP contribution in [0.2, 0.25) is 0 Å². The van der Waals surface area contributed by atoms with Crippen molar-refractivity contribution in [2.24, 2.45) is 0 Å². The predicted octanol–water partition coefficient (Wildman–Crippen LogP) is 16.8. The summed E-state index contributed by atoms with van der Waals surface area (Å²) in [5.41, 5.74) is 19.9. The molecule has 0 nitrogen and oxygen atoms in total. The van der Waals surface area contributed by atoms with E-state index >= 15 is 0 Å². The molecular formula is C60H38. The molecule has 0 heterocycles. The lowest BCUT2D eigenvalue weighted by Crippen LogP contribution is -1.97. The zero-order valence-electron chi connectivity index (χ0n) is 32.9. The first-order chi connectivity index (χ1) is 29.8. The van der Waals surface area contributed by atoms with E-state index < -0.39 is 0 Å². The lowest BCUT2D eigenvalue weighted by Gasteiger charge is -2.23. The number of fused-ring (bicyclic) bond motifs is 11. The average molecular weight is 759 g/mol. The van der Waals surface area contributed by atoms with Crippen LogP contribution in [0.3, 0.4) is 0 Å². The van der Waals surface area contributed by atoms with E-state index in [0.29, 0.717) is 0 Å². The Hall–Kier alpha value is -7.80. The summed E-state index contributed by atoms with van der Waals surface area (Å²) >= 11 is 0. The van der Waals surface area contributed by atoms with Gasteiger partial charge < -0.3 is 0 Å². The van der Waals surface area contributed by atoms with Gasteiger partial charge in [-0.25, -0.2) is 0 Å². The first kappa shape index (κ1) is 34.3. The van der Waals surface area contributed by atoms with Crippen LogP contribution in [-0.4, -0.2) is 0 Å². The maximum absolute atomic E-state index is 2.42. The number of rotatable bonds is 4. The topological polar surface area (TPSA) is 0 Å². The Balaban J connectivity index is 1.01. The van der Waals surface area contributed by atoms with Crippen molar-refractivity contribution >= 4 is 32.3 Å². The molecule has 0 saturated heterocycles. The second kappa shape index (κ2) is 13.9. The fourth-order valence-corrected chi connectivity index (χ4v) is 9.94. The molecule has 60 heavy (non-hydrogen) atoms. The molecule has 0 spiro atoms. The quantitative estimate of drug-likeness (QED) is 0.157.